The van der Waals surface area contributed by atoms with E-state index in [1.165, 1.54) is 12.0 Å². The highest BCUT2D eigenvalue weighted by Crippen LogP contribution is 2.36. The van der Waals surface area contributed by atoms with E-state index in [0.29, 0.717) is 17.3 Å². The van der Waals surface area contributed by atoms with Crippen LogP contribution in [-0.2, 0) is 4.74 Å². The largest absolute Gasteiger partial charge is 0.465 e. The normalized spacial score (nSPS) is 14.9. The number of hydrogen-bond acceptors (Lipinski definition) is 2. The molecule has 0 bridgehead atoms. The fourth-order valence-corrected chi connectivity index (χ4v) is 2.70. The second-order valence-corrected chi connectivity index (χ2v) is 7.74. The maximum atomic E-state index is 5.79. The highest BCUT2D eigenvalue weighted by Gasteiger charge is 2.23. The van der Waals surface area contributed by atoms with E-state index in [1.54, 1.807) is 0 Å². The van der Waals surface area contributed by atoms with E-state index in [4.69, 9.17) is 9.47 Å². The van der Waals surface area contributed by atoms with Gasteiger partial charge in [0.15, 0.2) is 6.29 Å². The van der Waals surface area contributed by atoms with Gasteiger partial charge < -0.3 is 9.47 Å². The van der Waals surface area contributed by atoms with Crippen LogP contribution < -0.4 is 4.74 Å². The summed E-state index contributed by atoms with van der Waals surface area (Å²) in [5, 5.41) is 0. The van der Waals surface area contributed by atoms with E-state index < -0.39 is 0 Å². The molecule has 0 radical (unpaired) electrons. The SMILES string of the molecule is CCCOC(C)Oc1ccc(C(CC(C)(C)C)C(C)C)cc1. The molecule has 1 aromatic carbocycles. The molecule has 126 valence electrons. The summed E-state index contributed by atoms with van der Waals surface area (Å²) >= 11 is 0. The van der Waals surface area contributed by atoms with Crippen molar-refractivity contribution in [3.8, 4) is 5.75 Å². The Morgan fingerprint density at radius 1 is 1.00 bits per heavy atom. The van der Waals surface area contributed by atoms with Crippen molar-refractivity contribution < 1.29 is 9.47 Å². The van der Waals surface area contributed by atoms with Crippen molar-refractivity contribution in [2.75, 3.05) is 6.61 Å². The maximum absolute atomic E-state index is 5.79. The summed E-state index contributed by atoms with van der Waals surface area (Å²) in [6.45, 7) is 16.3. The van der Waals surface area contributed by atoms with Gasteiger partial charge in [-0.1, -0.05) is 53.7 Å². The zero-order valence-corrected chi connectivity index (χ0v) is 15.5. The smallest absolute Gasteiger partial charge is 0.196 e. The van der Waals surface area contributed by atoms with Gasteiger partial charge in [0, 0.05) is 0 Å². The minimum absolute atomic E-state index is 0.193. The molecule has 2 nitrogen and oxygen atoms in total. The lowest BCUT2D eigenvalue weighted by Gasteiger charge is -2.29. The molecule has 0 aromatic heterocycles. The molecule has 0 saturated heterocycles. The molecule has 22 heavy (non-hydrogen) atoms. The molecule has 0 amide bonds. The van der Waals surface area contributed by atoms with Gasteiger partial charge in [0.1, 0.15) is 5.75 Å². The second-order valence-electron chi connectivity index (χ2n) is 7.74. The predicted octanol–water partition coefficient (Wildman–Crippen LogP) is 6.01. The van der Waals surface area contributed by atoms with Crippen LogP contribution in [0.25, 0.3) is 0 Å². The summed E-state index contributed by atoms with van der Waals surface area (Å²) in [4.78, 5) is 0. The van der Waals surface area contributed by atoms with Gasteiger partial charge in [0.25, 0.3) is 0 Å². The Hall–Kier alpha value is -1.02. The van der Waals surface area contributed by atoms with E-state index in [-0.39, 0.29) is 6.29 Å². The Bertz CT molecular complexity index is 414. The lowest BCUT2D eigenvalue weighted by Crippen LogP contribution is -2.17. The van der Waals surface area contributed by atoms with Crippen LogP contribution in [0.4, 0.5) is 0 Å². The molecule has 0 heterocycles. The highest BCUT2D eigenvalue weighted by molar-refractivity contribution is 5.30. The van der Waals surface area contributed by atoms with Gasteiger partial charge in [-0.25, -0.2) is 0 Å². The minimum atomic E-state index is -0.193. The van der Waals surface area contributed by atoms with Crippen LogP contribution in [0, 0.1) is 11.3 Å². The predicted molar refractivity (Wildman–Crippen MR) is 94.4 cm³/mol. The van der Waals surface area contributed by atoms with Crippen LogP contribution >= 0.6 is 0 Å². The third-order valence-electron chi connectivity index (χ3n) is 3.80. The van der Waals surface area contributed by atoms with Gasteiger partial charge >= 0.3 is 0 Å². The van der Waals surface area contributed by atoms with E-state index in [2.05, 4.69) is 65.8 Å². The Morgan fingerprint density at radius 2 is 1.59 bits per heavy atom. The number of ether oxygens (including phenoxy) is 2. The topological polar surface area (TPSA) is 18.5 Å². The van der Waals surface area contributed by atoms with Crippen LogP contribution in [0.5, 0.6) is 5.75 Å². The lowest BCUT2D eigenvalue weighted by atomic mass is 9.76. The molecule has 2 unspecified atom stereocenters. The van der Waals surface area contributed by atoms with Crippen LogP contribution in [0.3, 0.4) is 0 Å². The Kier molecular flexibility index (Phi) is 7.41. The van der Waals surface area contributed by atoms with E-state index in [9.17, 15) is 0 Å². The van der Waals surface area contributed by atoms with Crippen molar-refractivity contribution >= 4 is 0 Å². The van der Waals surface area contributed by atoms with Gasteiger partial charge in [-0.15, -0.1) is 0 Å². The standard InChI is InChI=1S/C20H34O2/c1-8-13-21-16(4)22-18-11-9-17(10-12-18)19(15(2)3)14-20(5,6)7/h9-12,15-16,19H,8,13-14H2,1-7H3. The maximum Gasteiger partial charge on any atom is 0.196 e. The van der Waals surface area contributed by atoms with Crippen molar-refractivity contribution in [1.82, 2.24) is 0 Å². The number of rotatable bonds is 8. The molecule has 0 aliphatic rings. The quantitative estimate of drug-likeness (QED) is 0.547. The Morgan fingerprint density at radius 3 is 2.05 bits per heavy atom. The lowest BCUT2D eigenvalue weighted by molar-refractivity contribution is -0.0663. The third-order valence-corrected chi connectivity index (χ3v) is 3.80. The second kappa shape index (κ2) is 8.57. The first-order chi connectivity index (χ1) is 10.2. The Labute approximate surface area is 137 Å². The first kappa shape index (κ1) is 19.0. The summed E-state index contributed by atoms with van der Waals surface area (Å²) in [5.41, 5.74) is 1.74. The average Bonchev–Trinajstić information content (AvgIpc) is 2.42. The van der Waals surface area contributed by atoms with Gasteiger partial charge in [-0.05, 0) is 54.7 Å². The third kappa shape index (κ3) is 6.83. The van der Waals surface area contributed by atoms with Crippen LogP contribution in [0.2, 0.25) is 0 Å². The molecule has 2 heteroatoms. The zero-order valence-electron chi connectivity index (χ0n) is 15.5. The molecular formula is C20H34O2. The summed E-state index contributed by atoms with van der Waals surface area (Å²) in [6, 6.07) is 8.55. The van der Waals surface area contributed by atoms with Crippen molar-refractivity contribution in [2.45, 2.75) is 73.5 Å². The van der Waals surface area contributed by atoms with Crippen LogP contribution in [0.15, 0.2) is 24.3 Å². The first-order valence-corrected chi connectivity index (χ1v) is 8.61. The molecule has 0 saturated carbocycles. The molecule has 0 aliphatic carbocycles. The van der Waals surface area contributed by atoms with Crippen LogP contribution in [-0.4, -0.2) is 12.9 Å². The van der Waals surface area contributed by atoms with Crippen LogP contribution in [0.1, 0.15) is 72.8 Å². The molecular weight excluding hydrogens is 272 g/mol. The van der Waals surface area contributed by atoms with Gasteiger partial charge in [0.2, 0.25) is 0 Å². The minimum Gasteiger partial charge on any atom is -0.465 e. The van der Waals surface area contributed by atoms with E-state index in [0.717, 1.165) is 18.8 Å². The average molecular weight is 306 g/mol. The monoisotopic (exact) mass is 306 g/mol. The van der Waals surface area contributed by atoms with E-state index in [1.807, 2.05) is 6.92 Å². The van der Waals surface area contributed by atoms with Gasteiger partial charge in [-0.3, -0.25) is 0 Å². The van der Waals surface area contributed by atoms with Gasteiger partial charge in [-0.2, -0.15) is 0 Å². The van der Waals surface area contributed by atoms with Crippen molar-refractivity contribution in [3.63, 3.8) is 0 Å². The fourth-order valence-electron chi connectivity index (χ4n) is 2.70. The van der Waals surface area contributed by atoms with E-state index >= 15 is 0 Å². The molecule has 0 N–H and O–H groups in total. The summed E-state index contributed by atoms with van der Waals surface area (Å²) < 4.78 is 11.3. The van der Waals surface area contributed by atoms with Crippen molar-refractivity contribution in [2.24, 2.45) is 11.3 Å². The first-order valence-electron chi connectivity index (χ1n) is 8.61. The molecule has 0 spiro atoms. The fraction of sp³-hybridized carbons (Fsp3) is 0.700. The van der Waals surface area contributed by atoms with Crippen molar-refractivity contribution in [3.05, 3.63) is 29.8 Å². The summed E-state index contributed by atoms with van der Waals surface area (Å²) in [7, 11) is 0. The molecule has 1 aromatic rings. The number of hydrogen-bond donors (Lipinski definition) is 0. The van der Waals surface area contributed by atoms with Gasteiger partial charge in [0.05, 0.1) is 6.61 Å². The summed E-state index contributed by atoms with van der Waals surface area (Å²) in [5.74, 6) is 2.10. The molecule has 1 rings (SSSR count). The Balaban J connectivity index is 2.73. The number of benzene rings is 1. The molecule has 0 aliphatic heterocycles. The zero-order chi connectivity index (χ0) is 16.8. The highest BCUT2D eigenvalue weighted by atomic mass is 16.7. The van der Waals surface area contributed by atoms with Crippen molar-refractivity contribution in [1.29, 1.82) is 0 Å². The molecule has 2 atom stereocenters. The summed E-state index contributed by atoms with van der Waals surface area (Å²) in [6.07, 6.45) is 2.01. The molecule has 0 fully saturated rings.